The van der Waals surface area contributed by atoms with Crippen LogP contribution in [0.2, 0.25) is 0 Å². The molecular weight excluding hydrogens is 257 g/mol. The maximum absolute atomic E-state index is 12.9. The largest absolute Gasteiger partial charge is 0.417 e. The van der Waals surface area contributed by atoms with E-state index in [0.29, 0.717) is 5.69 Å². The van der Waals surface area contributed by atoms with Gasteiger partial charge in [0.25, 0.3) is 0 Å². The van der Waals surface area contributed by atoms with Crippen molar-refractivity contribution < 1.29 is 13.2 Å². The van der Waals surface area contributed by atoms with Crippen LogP contribution in [0.5, 0.6) is 0 Å². The summed E-state index contributed by atoms with van der Waals surface area (Å²) in [7, 11) is 0. The van der Waals surface area contributed by atoms with Crippen LogP contribution in [0.25, 0.3) is 11.4 Å². The van der Waals surface area contributed by atoms with Crippen LogP contribution in [-0.2, 0) is 6.18 Å². The van der Waals surface area contributed by atoms with Gasteiger partial charge in [-0.25, -0.2) is 9.97 Å². The fourth-order valence-corrected chi connectivity index (χ4v) is 1.65. The van der Waals surface area contributed by atoms with E-state index in [4.69, 9.17) is 11.5 Å². The van der Waals surface area contributed by atoms with Crippen molar-refractivity contribution in [3.63, 3.8) is 0 Å². The third-order valence-electron chi connectivity index (χ3n) is 2.64. The van der Waals surface area contributed by atoms with E-state index in [1.165, 1.54) is 18.2 Å². The monoisotopic (exact) mass is 268 g/mol. The molecule has 100 valence electrons. The van der Waals surface area contributed by atoms with Crippen molar-refractivity contribution >= 4 is 11.5 Å². The maximum Gasteiger partial charge on any atom is 0.417 e. The molecule has 0 radical (unpaired) electrons. The Morgan fingerprint density at radius 1 is 1.05 bits per heavy atom. The van der Waals surface area contributed by atoms with E-state index in [9.17, 15) is 13.2 Å². The Hall–Kier alpha value is -2.31. The number of benzene rings is 1. The molecule has 0 atom stereocenters. The molecule has 0 aliphatic carbocycles. The zero-order valence-corrected chi connectivity index (χ0v) is 9.99. The molecule has 7 heteroatoms. The summed E-state index contributed by atoms with van der Waals surface area (Å²) in [5, 5.41) is 0. The zero-order chi connectivity index (χ0) is 14.2. The van der Waals surface area contributed by atoms with Gasteiger partial charge in [0.2, 0.25) is 0 Å². The number of nitrogens with zero attached hydrogens (tertiary/aromatic N) is 2. The van der Waals surface area contributed by atoms with E-state index in [2.05, 4.69) is 9.97 Å². The Morgan fingerprint density at radius 3 is 2.26 bits per heavy atom. The van der Waals surface area contributed by atoms with E-state index in [1.807, 2.05) is 0 Å². The number of halogens is 3. The Morgan fingerprint density at radius 2 is 1.68 bits per heavy atom. The van der Waals surface area contributed by atoms with Gasteiger partial charge < -0.3 is 11.5 Å². The number of aryl methyl sites for hydroxylation is 1. The lowest BCUT2D eigenvalue weighted by Crippen LogP contribution is -2.10. The molecule has 4 N–H and O–H groups in total. The van der Waals surface area contributed by atoms with Gasteiger partial charge in [-0.3, -0.25) is 0 Å². The molecule has 2 aromatic rings. The number of nitrogens with two attached hydrogens (primary N) is 2. The summed E-state index contributed by atoms with van der Waals surface area (Å²) < 4.78 is 38.7. The van der Waals surface area contributed by atoms with E-state index in [1.54, 1.807) is 6.92 Å². The van der Waals surface area contributed by atoms with E-state index in [0.717, 1.165) is 6.07 Å². The zero-order valence-electron chi connectivity index (χ0n) is 9.99. The molecule has 0 aliphatic rings. The average molecular weight is 268 g/mol. The SMILES string of the molecule is Cc1nc(-c2ccccc2C(F)(F)F)nc(N)c1N. The topological polar surface area (TPSA) is 77.8 Å². The van der Waals surface area contributed by atoms with E-state index >= 15 is 0 Å². The van der Waals surface area contributed by atoms with Crippen LogP contribution in [0, 0.1) is 6.92 Å². The average Bonchev–Trinajstić information content (AvgIpc) is 2.34. The van der Waals surface area contributed by atoms with Crippen molar-refractivity contribution in [1.29, 1.82) is 0 Å². The van der Waals surface area contributed by atoms with Crippen molar-refractivity contribution in [1.82, 2.24) is 9.97 Å². The van der Waals surface area contributed by atoms with E-state index in [-0.39, 0.29) is 22.9 Å². The summed E-state index contributed by atoms with van der Waals surface area (Å²) in [5.74, 6) is -0.114. The van der Waals surface area contributed by atoms with Crippen LogP contribution in [0.15, 0.2) is 24.3 Å². The number of aromatic nitrogens is 2. The van der Waals surface area contributed by atoms with Crippen LogP contribution in [-0.4, -0.2) is 9.97 Å². The summed E-state index contributed by atoms with van der Waals surface area (Å²) in [4.78, 5) is 7.78. The molecule has 0 aliphatic heterocycles. The van der Waals surface area contributed by atoms with Crippen LogP contribution in [0.4, 0.5) is 24.7 Å². The van der Waals surface area contributed by atoms with Gasteiger partial charge in [-0.15, -0.1) is 0 Å². The van der Waals surface area contributed by atoms with Crippen molar-refractivity contribution in [3.05, 3.63) is 35.5 Å². The second-order valence-corrected chi connectivity index (χ2v) is 3.97. The van der Waals surface area contributed by atoms with Gasteiger partial charge in [0.1, 0.15) is 0 Å². The summed E-state index contributed by atoms with van der Waals surface area (Å²) in [6.45, 7) is 1.56. The first-order chi connectivity index (χ1) is 8.80. The van der Waals surface area contributed by atoms with Gasteiger partial charge in [0.15, 0.2) is 11.6 Å². The van der Waals surface area contributed by atoms with Gasteiger partial charge in [0, 0.05) is 5.56 Å². The lowest BCUT2D eigenvalue weighted by molar-refractivity contribution is -0.137. The predicted octanol–water partition coefficient (Wildman–Crippen LogP) is 2.64. The van der Waals surface area contributed by atoms with Crippen LogP contribution >= 0.6 is 0 Å². The first-order valence-corrected chi connectivity index (χ1v) is 5.37. The quantitative estimate of drug-likeness (QED) is 0.833. The second-order valence-electron chi connectivity index (χ2n) is 3.97. The molecule has 0 spiro atoms. The molecule has 1 aromatic carbocycles. The highest BCUT2D eigenvalue weighted by molar-refractivity contribution is 5.68. The third kappa shape index (κ3) is 2.44. The molecule has 4 nitrogen and oxygen atoms in total. The van der Waals surface area contributed by atoms with Crippen molar-refractivity contribution in [2.24, 2.45) is 0 Å². The fourth-order valence-electron chi connectivity index (χ4n) is 1.65. The smallest absolute Gasteiger partial charge is 0.394 e. The predicted molar refractivity (Wildman–Crippen MR) is 66.0 cm³/mol. The van der Waals surface area contributed by atoms with Crippen molar-refractivity contribution in [2.45, 2.75) is 13.1 Å². The van der Waals surface area contributed by atoms with Gasteiger partial charge in [-0.05, 0) is 13.0 Å². The number of rotatable bonds is 1. The standard InChI is InChI=1S/C12H11F3N4/c1-6-9(16)10(17)19-11(18-6)7-4-2-3-5-8(7)12(13,14)15/h2-5H,16H2,1H3,(H2,17,18,19). The highest BCUT2D eigenvalue weighted by Gasteiger charge is 2.34. The number of alkyl halides is 3. The molecule has 0 amide bonds. The molecule has 0 bridgehead atoms. The first-order valence-electron chi connectivity index (χ1n) is 5.37. The first kappa shape index (κ1) is 13.1. The number of hydrogen-bond donors (Lipinski definition) is 2. The Balaban J connectivity index is 2.67. The minimum absolute atomic E-state index is 0.0283. The van der Waals surface area contributed by atoms with Crippen LogP contribution < -0.4 is 11.5 Å². The summed E-state index contributed by atoms with van der Waals surface area (Å²) in [5.41, 5.74) is 10.7. The van der Waals surface area contributed by atoms with Gasteiger partial charge in [-0.2, -0.15) is 13.2 Å². The number of nitrogen functional groups attached to an aromatic ring is 2. The van der Waals surface area contributed by atoms with Crippen molar-refractivity contribution in [2.75, 3.05) is 11.5 Å². The second kappa shape index (κ2) is 4.42. The van der Waals surface area contributed by atoms with Crippen LogP contribution in [0.1, 0.15) is 11.3 Å². The van der Waals surface area contributed by atoms with Gasteiger partial charge in [0.05, 0.1) is 16.9 Å². The molecule has 0 saturated carbocycles. The molecule has 0 unspecified atom stereocenters. The minimum Gasteiger partial charge on any atom is -0.394 e. The Kier molecular flexibility index (Phi) is 3.05. The highest BCUT2D eigenvalue weighted by atomic mass is 19.4. The number of anilines is 2. The Labute approximate surface area is 107 Å². The molecule has 1 heterocycles. The molecule has 0 fully saturated rings. The lowest BCUT2D eigenvalue weighted by atomic mass is 10.1. The minimum atomic E-state index is -4.48. The van der Waals surface area contributed by atoms with E-state index < -0.39 is 11.7 Å². The molecule has 0 saturated heterocycles. The van der Waals surface area contributed by atoms with Gasteiger partial charge in [-0.1, -0.05) is 18.2 Å². The molecule has 2 rings (SSSR count). The Bertz CT molecular complexity index is 600. The molecular formula is C12H11F3N4. The van der Waals surface area contributed by atoms with Gasteiger partial charge >= 0.3 is 6.18 Å². The third-order valence-corrected chi connectivity index (χ3v) is 2.64. The van der Waals surface area contributed by atoms with Crippen LogP contribution in [0.3, 0.4) is 0 Å². The van der Waals surface area contributed by atoms with Crippen molar-refractivity contribution in [3.8, 4) is 11.4 Å². The summed E-state index contributed by atoms with van der Waals surface area (Å²) in [6.07, 6.45) is -4.48. The number of hydrogen-bond acceptors (Lipinski definition) is 4. The normalized spacial score (nSPS) is 11.6. The molecule has 1 aromatic heterocycles. The maximum atomic E-state index is 12.9. The molecule has 19 heavy (non-hydrogen) atoms. The summed E-state index contributed by atoms with van der Waals surface area (Å²) in [6, 6.07) is 5.06. The lowest BCUT2D eigenvalue weighted by Gasteiger charge is -2.13. The summed E-state index contributed by atoms with van der Waals surface area (Å²) >= 11 is 0. The fraction of sp³-hybridized carbons (Fsp3) is 0.167. The highest BCUT2D eigenvalue weighted by Crippen LogP contribution is 2.36.